The summed E-state index contributed by atoms with van der Waals surface area (Å²) in [7, 11) is -4.34. The van der Waals surface area contributed by atoms with Crippen molar-refractivity contribution in [1.82, 2.24) is 30.7 Å². The Morgan fingerprint density at radius 1 is 1.02 bits per heavy atom. The lowest BCUT2D eigenvalue weighted by Gasteiger charge is -2.29. The first kappa shape index (κ1) is 46.3. The molecule has 2 aliphatic heterocycles. The number of phosphoric acid groups is 1. The first-order valence-electron chi connectivity index (χ1n) is 19.1. The van der Waals surface area contributed by atoms with E-state index in [2.05, 4.69) is 31.3 Å². The Labute approximate surface area is 349 Å². The number of ether oxygens (including phenoxy) is 1. The Bertz CT molecular complexity index is 2180. The number of nitrogens with two attached hydrogens (primary N) is 1. The SMILES string of the molecule is CC(NC(=O)C(C)(C)NC(=O)CCC(=O)O)C(=O)NC(Cc1ccccc1)C(=O)Nc1cc2c(c(C(C)C)c1)OP(=O)(OCC1OC(n3cnc(C(N)=O)n3)C(O)C1O)OC2. The van der Waals surface area contributed by atoms with Crippen molar-refractivity contribution in [3.63, 3.8) is 0 Å². The van der Waals surface area contributed by atoms with Gasteiger partial charge in [-0.1, -0.05) is 44.2 Å². The predicted molar refractivity (Wildman–Crippen MR) is 211 cm³/mol. The fourth-order valence-electron chi connectivity index (χ4n) is 6.26. The molecule has 23 heteroatoms. The summed E-state index contributed by atoms with van der Waals surface area (Å²) in [5.41, 5.74) is 5.61. The van der Waals surface area contributed by atoms with Crippen LogP contribution in [-0.2, 0) is 55.3 Å². The number of carbonyl (C=O) groups is 6. The fraction of sp³-hybridized carbons (Fsp3) is 0.474. The molecule has 22 nitrogen and oxygen atoms in total. The van der Waals surface area contributed by atoms with Crippen LogP contribution in [0.25, 0.3) is 0 Å². The van der Waals surface area contributed by atoms with Crippen molar-refractivity contribution in [3.05, 3.63) is 71.3 Å². The number of hydrogen-bond acceptors (Lipinski definition) is 15. The van der Waals surface area contributed by atoms with Crippen molar-refractivity contribution in [3.8, 4) is 5.75 Å². The summed E-state index contributed by atoms with van der Waals surface area (Å²) >= 11 is 0. The molecule has 0 saturated carbocycles. The molecule has 1 fully saturated rings. The van der Waals surface area contributed by atoms with Crippen LogP contribution in [0.3, 0.4) is 0 Å². The fourth-order valence-corrected chi connectivity index (χ4v) is 7.51. The number of primary amides is 1. The van der Waals surface area contributed by atoms with Gasteiger partial charge in [0.05, 0.1) is 19.6 Å². The van der Waals surface area contributed by atoms with Crippen molar-refractivity contribution in [2.24, 2.45) is 5.73 Å². The number of carbonyl (C=O) groups excluding carboxylic acids is 5. The van der Waals surface area contributed by atoms with Gasteiger partial charge in [0.25, 0.3) is 5.91 Å². The average molecular weight is 873 g/mol. The number of carboxylic acids is 1. The van der Waals surface area contributed by atoms with E-state index in [1.54, 1.807) is 42.5 Å². The largest absolute Gasteiger partial charge is 0.530 e. The average Bonchev–Trinajstić information content (AvgIpc) is 3.80. The lowest BCUT2D eigenvalue weighted by Crippen LogP contribution is -2.59. The third kappa shape index (κ3) is 11.7. The highest BCUT2D eigenvalue weighted by atomic mass is 31.2. The van der Waals surface area contributed by atoms with E-state index in [1.165, 1.54) is 20.8 Å². The van der Waals surface area contributed by atoms with E-state index >= 15 is 0 Å². The number of nitrogens with zero attached hydrogens (tertiary/aromatic N) is 3. The molecule has 5 amide bonds. The smallest absolute Gasteiger partial charge is 0.481 e. The van der Waals surface area contributed by atoms with Gasteiger partial charge in [0.1, 0.15) is 48.0 Å². The van der Waals surface area contributed by atoms with Crippen molar-refractivity contribution in [2.75, 3.05) is 11.9 Å². The van der Waals surface area contributed by atoms with Crippen LogP contribution in [0, 0.1) is 0 Å². The minimum absolute atomic E-state index is 0.0589. The Kier molecular flexibility index (Phi) is 14.6. The van der Waals surface area contributed by atoms with Crippen LogP contribution < -0.4 is 31.5 Å². The van der Waals surface area contributed by atoms with E-state index in [9.17, 15) is 43.5 Å². The lowest BCUT2D eigenvalue weighted by atomic mass is 9.98. The number of carboxylic acid groups (broad SMARTS) is 1. The number of aliphatic hydroxyl groups is 2. The molecule has 5 rings (SSSR count). The van der Waals surface area contributed by atoms with Crippen LogP contribution in [0.15, 0.2) is 48.8 Å². The summed E-state index contributed by atoms with van der Waals surface area (Å²) in [5.74, 6) is -5.22. The molecule has 1 aromatic heterocycles. The van der Waals surface area contributed by atoms with Gasteiger partial charge in [-0.2, -0.15) is 0 Å². The number of fused-ring (bicyclic) bond motifs is 1. The number of benzene rings is 2. The molecule has 330 valence electrons. The zero-order chi connectivity index (χ0) is 44.8. The highest BCUT2D eigenvalue weighted by molar-refractivity contribution is 7.49. The first-order valence-corrected chi connectivity index (χ1v) is 20.6. The molecule has 2 aliphatic rings. The van der Waals surface area contributed by atoms with Crippen molar-refractivity contribution >= 4 is 49.0 Å². The second-order valence-corrected chi connectivity index (χ2v) is 16.9. The standard InChI is InChI=1S/C38H49N8O14P/c1-19(2)24-15-23(14-22-16-57-61(56,60-31(22)24)58-17-26-29(50)30(51)36(59-26)46-18-40-33(45-46)32(39)52)42-35(54)25(13-21-9-7-6-8-10-21)43-34(53)20(3)41-37(55)38(4,5)44-27(47)11-12-28(48)49/h6-10,14-15,18-20,25-26,29-30,36,50-51H,11-13,16-17H2,1-5H3,(H2,39,52)(H,41,55)(H,42,54)(H,43,53)(H,44,47)(H,48,49). The number of aliphatic carboxylic acids is 1. The van der Waals surface area contributed by atoms with Gasteiger partial charge in [-0.25, -0.2) is 14.2 Å². The molecular weight excluding hydrogens is 823 g/mol. The minimum atomic E-state index is -4.34. The summed E-state index contributed by atoms with van der Waals surface area (Å²) in [6.45, 7) is 7.02. The van der Waals surface area contributed by atoms with E-state index < -0.39 is 98.5 Å². The lowest BCUT2D eigenvalue weighted by molar-refractivity contribution is -0.139. The molecule has 0 radical (unpaired) electrons. The van der Waals surface area contributed by atoms with Gasteiger partial charge in [-0.3, -0.25) is 37.8 Å². The molecule has 9 N–H and O–H groups in total. The summed E-state index contributed by atoms with van der Waals surface area (Å²) in [6.07, 6.45) is -5.20. The Morgan fingerprint density at radius 2 is 1.72 bits per heavy atom. The summed E-state index contributed by atoms with van der Waals surface area (Å²) in [6, 6.07) is 9.71. The van der Waals surface area contributed by atoms with Crippen molar-refractivity contribution in [2.45, 2.75) is 109 Å². The highest BCUT2D eigenvalue weighted by Crippen LogP contribution is 2.57. The van der Waals surface area contributed by atoms with E-state index in [0.29, 0.717) is 22.4 Å². The summed E-state index contributed by atoms with van der Waals surface area (Å²) in [4.78, 5) is 78.6. The van der Waals surface area contributed by atoms with Crippen LogP contribution >= 0.6 is 7.82 Å². The highest BCUT2D eigenvalue weighted by Gasteiger charge is 2.47. The Morgan fingerprint density at radius 3 is 2.36 bits per heavy atom. The van der Waals surface area contributed by atoms with Gasteiger partial charge < -0.3 is 51.6 Å². The molecule has 3 heterocycles. The molecule has 2 aromatic carbocycles. The van der Waals surface area contributed by atoms with Crippen molar-refractivity contribution in [1.29, 1.82) is 0 Å². The normalized spacial score (nSPS) is 22.0. The monoisotopic (exact) mass is 872 g/mol. The zero-order valence-electron chi connectivity index (χ0n) is 33.9. The summed E-state index contributed by atoms with van der Waals surface area (Å²) < 4.78 is 37.3. The van der Waals surface area contributed by atoms with Gasteiger partial charge in [-0.15, -0.1) is 5.10 Å². The van der Waals surface area contributed by atoms with Crippen LogP contribution in [0.1, 0.15) is 86.9 Å². The quantitative estimate of drug-likeness (QED) is 0.0819. The van der Waals surface area contributed by atoms with Crippen molar-refractivity contribution < 1.29 is 67.0 Å². The molecule has 0 bridgehead atoms. The Hall–Kier alpha value is -5.77. The van der Waals surface area contributed by atoms with E-state index in [-0.39, 0.29) is 36.9 Å². The van der Waals surface area contributed by atoms with Gasteiger partial charge >= 0.3 is 13.8 Å². The van der Waals surface area contributed by atoms with Gasteiger partial charge in [0.2, 0.25) is 29.5 Å². The molecule has 7 atom stereocenters. The number of aromatic nitrogens is 3. The third-order valence-corrected chi connectivity index (χ3v) is 10.9. The second-order valence-electron chi connectivity index (χ2n) is 15.3. The molecule has 0 aliphatic carbocycles. The topological polar surface area (TPSA) is 322 Å². The number of anilines is 1. The number of phosphoric ester groups is 1. The number of hydrogen-bond donors (Lipinski definition) is 8. The van der Waals surface area contributed by atoms with Gasteiger partial charge in [0.15, 0.2) is 6.23 Å². The Balaban J connectivity index is 1.26. The number of aliphatic hydroxyl groups excluding tert-OH is 2. The maximum absolute atomic E-state index is 13.9. The molecule has 1 saturated heterocycles. The van der Waals surface area contributed by atoms with Crippen LogP contribution in [0.2, 0.25) is 0 Å². The van der Waals surface area contributed by atoms with Crippen LogP contribution in [-0.4, -0.2) is 108 Å². The molecular formula is C38H49N8O14P. The molecule has 7 unspecified atom stereocenters. The van der Waals surface area contributed by atoms with E-state index in [4.69, 9.17) is 29.1 Å². The van der Waals surface area contributed by atoms with Crippen LogP contribution in [0.5, 0.6) is 5.75 Å². The summed E-state index contributed by atoms with van der Waals surface area (Å²) in [5, 5.41) is 44.4. The predicted octanol–water partition coefficient (Wildman–Crippen LogP) is 0.784. The minimum Gasteiger partial charge on any atom is -0.481 e. The maximum Gasteiger partial charge on any atom is 0.530 e. The van der Waals surface area contributed by atoms with E-state index in [1.807, 2.05) is 13.8 Å². The molecule has 0 spiro atoms. The second kappa shape index (κ2) is 19.3. The van der Waals surface area contributed by atoms with E-state index in [0.717, 1.165) is 11.0 Å². The third-order valence-electron chi connectivity index (χ3n) is 9.63. The van der Waals surface area contributed by atoms with Gasteiger partial charge in [0, 0.05) is 24.1 Å². The number of amides is 5. The molecule has 61 heavy (non-hydrogen) atoms. The number of nitrogens with one attached hydrogen (secondary N) is 4. The zero-order valence-corrected chi connectivity index (χ0v) is 34.8. The molecule has 3 aromatic rings. The van der Waals surface area contributed by atoms with Crippen LogP contribution in [0.4, 0.5) is 5.69 Å². The first-order chi connectivity index (χ1) is 28.7. The van der Waals surface area contributed by atoms with Gasteiger partial charge in [-0.05, 0) is 49.9 Å². The maximum atomic E-state index is 13.9. The number of rotatable bonds is 18.